The van der Waals surface area contributed by atoms with Gasteiger partial charge in [0.05, 0.1) is 6.54 Å². The van der Waals surface area contributed by atoms with Crippen molar-refractivity contribution in [3.63, 3.8) is 0 Å². The van der Waals surface area contributed by atoms with E-state index in [-0.39, 0.29) is 5.75 Å². The molecule has 0 atom stereocenters. The molecule has 0 spiro atoms. The van der Waals surface area contributed by atoms with E-state index < -0.39 is 0 Å². The number of nitrogens with one attached hydrogen (secondary N) is 1. The van der Waals surface area contributed by atoms with Gasteiger partial charge in [0, 0.05) is 11.4 Å². The highest BCUT2D eigenvalue weighted by Gasteiger charge is 2.20. The van der Waals surface area contributed by atoms with Crippen LogP contribution in [0.25, 0.3) is 11.0 Å². The van der Waals surface area contributed by atoms with Crippen molar-refractivity contribution in [3.05, 3.63) is 30.0 Å². The summed E-state index contributed by atoms with van der Waals surface area (Å²) in [6.45, 7) is 0.778. The smallest absolute Gasteiger partial charge is 0.134 e. The summed E-state index contributed by atoms with van der Waals surface area (Å²) in [6.07, 6.45) is 2.56. The molecule has 3 rings (SSSR count). The quantitative estimate of drug-likeness (QED) is 0.805. The molecule has 15 heavy (non-hydrogen) atoms. The molecule has 2 aromatic rings. The summed E-state index contributed by atoms with van der Waals surface area (Å²) in [7, 11) is 0. The molecule has 3 nitrogen and oxygen atoms in total. The number of hydrogen-bond donors (Lipinski definition) is 2. The normalized spacial score (nSPS) is 16.0. The molecule has 0 saturated heterocycles. The number of fused-ring (bicyclic) bond motifs is 1. The second kappa shape index (κ2) is 3.28. The maximum absolute atomic E-state index is 9.31. The van der Waals surface area contributed by atoms with E-state index in [0.717, 1.165) is 23.3 Å². The molecule has 1 fully saturated rings. The molecule has 2 N–H and O–H groups in total. The highest BCUT2D eigenvalue weighted by atomic mass is 16.3. The van der Waals surface area contributed by atoms with E-state index in [9.17, 15) is 5.11 Å². The van der Waals surface area contributed by atoms with Crippen LogP contribution in [0, 0.1) is 0 Å². The van der Waals surface area contributed by atoms with Crippen molar-refractivity contribution in [2.75, 3.05) is 0 Å². The topological polar surface area (TPSA) is 45.4 Å². The Balaban J connectivity index is 1.84. The summed E-state index contributed by atoms with van der Waals surface area (Å²) in [4.78, 5) is 0. The average molecular weight is 203 g/mol. The molecule has 78 valence electrons. The van der Waals surface area contributed by atoms with Gasteiger partial charge in [-0.25, -0.2) is 0 Å². The predicted octanol–water partition coefficient (Wildman–Crippen LogP) is 2.39. The Hall–Kier alpha value is -1.48. The van der Waals surface area contributed by atoms with Gasteiger partial charge in [-0.1, -0.05) is 0 Å². The van der Waals surface area contributed by atoms with Crippen LogP contribution in [0.2, 0.25) is 0 Å². The van der Waals surface area contributed by atoms with E-state index in [1.165, 1.54) is 12.8 Å². The van der Waals surface area contributed by atoms with Crippen molar-refractivity contribution in [3.8, 4) is 5.75 Å². The van der Waals surface area contributed by atoms with Crippen molar-refractivity contribution in [1.29, 1.82) is 0 Å². The summed E-state index contributed by atoms with van der Waals surface area (Å²) in [5, 5.41) is 13.7. The molecule has 1 aromatic heterocycles. The molecule has 0 radical (unpaired) electrons. The van der Waals surface area contributed by atoms with Gasteiger partial charge in [0.15, 0.2) is 0 Å². The van der Waals surface area contributed by atoms with Crippen molar-refractivity contribution in [1.82, 2.24) is 5.32 Å². The zero-order chi connectivity index (χ0) is 10.3. The van der Waals surface area contributed by atoms with Gasteiger partial charge in [0.2, 0.25) is 0 Å². The maximum atomic E-state index is 9.31. The van der Waals surface area contributed by atoms with Crippen LogP contribution in [0.5, 0.6) is 5.75 Å². The van der Waals surface area contributed by atoms with E-state index in [2.05, 4.69) is 5.32 Å². The van der Waals surface area contributed by atoms with Gasteiger partial charge in [-0.15, -0.1) is 0 Å². The van der Waals surface area contributed by atoms with E-state index in [0.29, 0.717) is 6.04 Å². The Morgan fingerprint density at radius 2 is 2.20 bits per heavy atom. The van der Waals surface area contributed by atoms with E-state index in [1.807, 2.05) is 6.07 Å². The number of furan rings is 1. The van der Waals surface area contributed by atoms with Crippen molar-refractivity contribution >= 4 is 11.0 Å². The summed E-state index contributed by atoms with van der Waals surface area (Å²) in [5.74, 6) is 1.22. The van der Waals surface area contributed by atoms with E-state index in [1.54, 1.807) is 18.2 Å². The van der Waals surface area contributed by atoms with Crippen molar-refractivity contribution in [2.45, 2.75) is 25.4 Å². The minimum Gasteiger partial charge on any atom is -0.508 e. The number of aromatic hydroxyl groups is 1. The van der Waals surface area contributed by atoms with Crippen molar-refractivity contribution < 1.29 is 9.52 Å². The third-order valence-corrected chi connectivity index (χ3v) is 2.69. The third-order valence-electron chi connectivity index (χ3n) is 2.69. The molecule has 0 aliphatic heterocycles. The largest absolute Gasteiger partial charge is 0.508 e. The first-order valence-electron chi connectivity index (χ1n) is 5.26. The molecule has 1 aliphatic rings. The van der Waals surface area contributed by atoms with Gasteiger partial charge >= 0.3 is 0 Å². The number of hydrogen-bond acceptors (Lipinski definition) is 3. The molecule has 0 bridgehead atoms. The van der Waals surface area contributed by atoms with Crippen LogP contribution in [0.4, 0.5) is 0 Å². The molecule has 3 heteroatoms. The maximum Gasteiger partial charge on any atom is 0.134 e. The summed E-state index contributed by atoms with van der Waals surface area (Å²) < 4.78 is 5.63. The van der Waals surface area contributed by atoms with Crippen LogP contribution in [0.3, 0.4) is 0 Å². The first-order chi connectivity index (χ1) is 7.31. The van der Waals surface area contributed by atoms with Crippen LogP contribution >= 0.6 is 0 Å². The minimum atomic E-state index is 0.282. The molecular weight excluding hydrogens is 190 g/mol. The molecule has 1 heterocycles. The Bertz CT molecular complexity index is 485. The molecule has 1 aliphatic carbocycles. The fourth-order valence-electron chi connectivity index (χ4n) is 1.71. The highest BCUT2D eigenvalue weighted by molar-refractivity contribution is 5.79. The zero-order valence-corrected chi connectivity index (χ0v) is 8.36. The van der Waals surface area contributed by atoms with Crippen LogP contribution in [0.15, 0.2) is 28.7 Å². The predicted molar refractivity (Wildman–Crippen MR) is 57.7 cm³/mol. The summed E-state index contributed by atoms with van der Waals surface area (Å²) in [5.41, 5.74) is 0.834. The highest BCUT2D eigenvalue weighted by Crippen LogP contribution is 2.24. The van der Waals surface area contributed by atoms with Gasteiger partial charge in [0.1, 0.15) is 17.1 Å². The fourth-order valence-corrected chi connectivity index (χ4v) is 1.71. The zero-order valence-electron chi connectivity index (χ0n) is 8.36. The fraction of sp³-hybridized carbons (Fsp3) is 0.333. The number of benzene rings is 1. The van der Waals surface area contributed by atoms with Crippen LogP contribution in [-0.2, 0) is 6.54 Å². The number of rotatable bonds is 3. The van der Waals surface area contributed by atoms with E-state index in [4.69, 9.17) is 4.42 Å². The molecule has 0 unspecified atom stereocenters. The first kappa shape index (κ1) is 8.80. The SMILES string of the molecule is Oc1ccc2oc(CNC3CC3)cc2c1. The lowest BCUT2D eigenvalue weighted by atomic mass is 10.2. The van der Waals surface area contributed by atoms with Gasteiger partial charge in [-0.3, -0.25) is 0 Å². The van der Waals surface area contributed by atoms with Crippen molar-refractivity contribution in [2.24, 2.45) is 0 Å². The van der Waals surface area contributed by atoms with Gasteiger partial charge in [-0.2, -0.15) is 0 Å². The monoisotopic (exact) mass is 203 g/mol. The Kier molecular flexibility index (Phi) is 1.92. The van der Waals surface area contributed by atoms with Crippen LogP contribution in [-0.4, -0.2) is 11.1 Å². The van der Waals surface area contributed by atoms with Gasteiger partial charge in [0.25, 0.3) is 0 Å². The summed E-state index contributed by atoms with van der Waals surface area (Å²) >= 11 is 0. The van der Waals surface area contributed by atoms with Crippen LogP contribution in [0.1, 0.15) is 18.6 Å². The second-order valence-electron chi connectivity index (χ2n) is 4.09. The lowest BCUT2D eigenvalue weighted by Gasteiger charge is -1.96. The first-order valence-corrected chi connectivity index (χ1v) is 5.26. The second-order valence-corrected chi connectivity index (χ2v) is 4.09. The molecule has 0 amide bonds. The molecule has 1 aromatic carbocycles. The Labute approximate surface area is 87.7 Å². The lowest BCUT2D eigenvalue weighted by molar-refractivity contribution is 0.475. The number of phenolic OH excluding ortho intramolecular Hbond substituents is 1. The van der Waals surface area contributed by atoms with Gasteiger partial charge in [-0.05, 0) is 37.1 Å². The minimum absolute atomic E-state index is 0.282. The van der Waals surface area contributed by atoms with Crippen LogP contribution < -0.4 is 5.32 Å². The Morgan fingerprint density at radius 3 is 3.00 bits per heavy atom. The average Bonchev–Trinajstić information content (AvgIpc) is 2.95. The summed E-state index contributed by atoms with van der Waals surface area (Å²) in [6, 6.07) is 7.82. The third kappa shape index (κ3) is 1.83. The van der Waals surface area contributed by atoms with Gasteiger partial charge < -0.3 is 14.8 Å². The number of phenols is 1. The Morgan fingerprint density at radius 1 is 1.33 bits per heavy atom. The standard InChI is InChI=1S/C12H13NO2/c14-10-3-4-12-8(5-10)6-11(15-12)7-13-9-1-2-9/h3-6,9,13-14H,1-2,7H2. The lowest BCUT2D eigenvalue weighted by Crippen LogP contribution is -2.14. The molecule has 1 saturated carbocycles. The van der Waals surface area contributed by atoms with E-state index >= 15 is 0 Å². The molecular formula is C12H13NO2.